The zero-order chi connectivity index (χ0) is 11.8. The summed E-state index contributed by atoms with van der Waals surface area (Å²) in [5.74, 6) is 0.564. The highest BCUT2D eigenvalue weighted by atomic mass is 15.3. The topological polar surface area (TPSA) is 54.0 Å². The summed E-state index contributed by atoms with van der Waals surface area (Å²) >= 11 is 0. The second kappa shape index (κ2) is 3.85. The van der Waals surface area contributed by atoms with Gasteiger partial charge in [0.2, 0.25) is 0 Å². The van der Waals surface area contributed by atoms with Crippen LogP contribution in [0.3, 0.4) is 0 Å². The van der Waals surface area contributed by atoms with Crippen molar-refractivity contribution in [3.63, 3.8) is 0 Å². The molecule has 0 amide bonds. The highest BCUT2D eigenvalue weighted by molar-refractivity contribution is 5.45. The summed E-state index contributed by atoms with van der Waals surface area (Å²) < 4.78 is 1.68. The molecule has 2 aromatic rings. The highest BCUT2D eigenvalue weighted by Gasteiger charge is 2.19. The average Bonchev–Trinajstić information content (AvgIpc) is 2.93. The van der Waals surface area contributed by atoms with Crippen LogP contribution >= 0.6 is 0 Å². The van der Waals surface area contributed by atoms with Gasteiger partial charge in [0.15, 0.2) is 11.3 Å². The molecule has 0 N–H and O–H groups in total. The molecule has 4 heteroatoms. The third-order valence-electron chi connectivity index (χ3n) is 3.55. The fraction of sp³-hybridized carbons (Fsp3) is 0.462. The Bertz CT molecular complexity index is 600. The Morgan fingerprint density at radius 3 is 2.82 bits per heavy atom. The van der Waals surface area contributed by atoms with Crippen LogP contribution in [0.2, 0.25) is 0 Å². The Balaban J connectivity index is 2.14. The summed E-state index contributed by atoms with van der Waals surface area (Å²) in [4.78, 5) is 4.33. The number of rotatable bonds is 1. The van der Waals surface area contributed by atoms with E-state index in [9.17, 15) is 0 Å². The van der Waals surface area contributed by atoms with Crippen LogP contribution < -0.4 is 0 Å². The molecule has 2 heterocycles. The molecule has 2 aromatic heterocycles. The molecule has 0 radical (unpaired) electrons. The van der Waals surface area contributed by atoms with E-state index in [-0.39, 0.29) is 0 Å². The quantitative estimate of drug-likeness (QED) is 0.751. The second-order valence-corrected chi connectivity index (χ2v) is 4.67. The van der Waals surface area contributed by atoms with Gasteiger partial charge in [0.05, 0.1) is 11.4 Å². The van der Waals surface area contributed by atoms with Crippen molar-refractivity contribution in [2.45, 2.75) is 38.5 Å². The lowest BCUT2D eigenvalue weighted by Crippen LogP contribution is -2.03. The molecular weight excluding hydrogens is 212 g/mol. The molecule has 0 unspecified atom stereocenters. The summed E-state index contributed by atoms with van der Waals surface area (Å²) in [5, 5.41) is 13.7. The molecule has 1 saturated carbocycles. The average molecular weight is 226 g/mol. The van der Waals surface area contributed by atoms with Crippen LogP contribution in [0.25, 0.3) is 5.65 Å². The lowest BCUT2D eigenvalue weighted by Gasteiger charge is -2.07. The smallest absolute Gasteiger partial charge is 0.165 e. The maximum absolute atomic E-state index is 9.11. The van der Waals surface area contributed by atoms with Crippen molar-refractivity contribution in [3.05, 3.63) is 29.2 Å². The first-order valence-corrected chi connectivity index (χ1v) is 6.06. The normalized spacial score (nSPS) is 16.5. The van der Waals surface area contributed by atoms with E-state index in [1.54, 1.807) is 4.52 Å². The summed E-state index contributed by atoms with van der Waals surface area (Å²) in [6.45, 7) is 1.85. The zero-order valence-corrected chi connectivity index (χ0v) is 9.85. The Labute approximate surface area is 99.9 Å². The monoisotopic (exact) mass is 226 g/mol. The van der Waals surface area contributed by atoms with Crippen LogP contribution in [0.5, 0.6) is 0 Å². The van der Waals surface area contributed by atoms with E-state index in [4.69, 9.17) is 5.26 Å². The van der Waals surface area contributed by atoms with Crippen molar-refractivity contribution >= 4 is 5.65 Å². The van der Waals surface area contributed by atoms with Gasteiger partial charge in [-0.1, -0.05) is 12.8 Å². The Kier molecular flexibility index (Phi) is 2.32. The first-order chi connectivity index (χ1) is 8.29. The number of hydrogen-bond donors (Lipinski definition) is 0. The minimum atomic E-state index is 0.555. The van der Waals surface area contributed by atoms with E-state index in [2.05, 4.69) is 22.2 Å². The van der Waals surface area contributed by atoms with Gasteiger partial charge in [0.1, 0.15) is 6.07 Å². The molecule has 0 aromatic carbocycles. The van der Waals surface area contributed by atoms with Crippen molar-refractivity contribution < 1.29 is 0 Å². The van der Waals surface area contributed by atoms with Gasteiger partial charge < -0.3 is 0 Å². The second-order valence-electron chi connectivity index (χ2n) is 4.67. The van der Waals surface area contributed by atoms with Crippen LogP contribution in [-0.4, -0.2) is 14.6 Å². The van der Waals surface area contributed by atoms with Crippen molar-refractivity contribution in [2.24, 2.45) is 0 Å². The summed E-state index contributed by atoms with van der Waals surface area (Å²) in [6.07, 6.45) is 5.01. The van der Waals surface area contributed by atoms with E-state index in [1.807, 2.05) is 13.0 Å². The summed E-state index contributed by atoms with van der Waals surface area (Å²) in [5.41, 5.74) is 3.17. The van der Waals surface area contributed by atoms with Gasteiger partial charge in [-0.15, -0.1) is 0 Å². The Hall–Kier alpha value is -1.89. The van der Waals surface area contributed by atoms with Crippen molar-refractivity contribution in [2.75, 3.05) is 0 Å². The number of aromatic nitrogens is 3. The summed E-state index contributed by atoms with van der Waals surface area (Å²) in [7, 11) is 0. The number of imidazole rings is 1. The SMILES string of the molecule is Cc1nc2ccc(C3CCCC3)nn2c1C#N. The molecular formula is C13H14N4. The largest absolute Gasteiger partial charge is 0.231 e. The molecule has 1 aliphatic rings. The third-order valence-corrected chi connectivity index (χ3v) is 3.55. The van der Waals surface area contributed by atoms with Crippen LogP contribution in [0.1, 0.15) is 48.7 Å². The van der Waals surface area contributed by atoms with Crippen molar-refractivity contribution in [1.82, 2.24) is 14.6 Å². The summed E-state index contributed by atoms with van der Waals surface area (Å²) in [6, 6.07) is 6.20. The fourth-order valence-electron chi connectivity index (χ4n) is 2.63. The molecule has 0 spiro atoms. The minimum Gasteiger partial charge on any atom is -0.231 e. The molecule has 1 aliphatic carbocycles. The number of nitrogens with zero attached hydrogens (tertiary/aromatic N) is 4. The van der Waals surface area contributed by atoms with Gasteiger partial charge in [-0.25, -0.2) is 9.50 Å². The number of hydrogen-bond acceptors (Lipinski definition) is 3. The van der Waals surface area contributed by atoms with E-state index < -0.39 is 0 Å². The number of nitriles is 1. The van der Waals surface area contributed by atoms with Crippen molar-refractivity contribution in [1.29, 1.82) is 5.26 Å². The Morgan fingerprint density at radius 2 is 2.12 bits per heavy atom. The molecule has 0 aliphatic heterocycles. The fourth-order valence-corrected chi connectivity index (χ4v) is 2.63. The molecule has 86 valence electrons. The lowest BCUT2D eigenvalue weighted by molar-refractivity contribution is 0.670. The van der Waals surface area contributed by atoms with E-state index in [1.165, 1.54) is 25.7 Å². The molecule has 0 atom stereocenters. The first kappa shape index (κ1) is 10.3. The van der Waals surface area contributed by atoms with Gasteiger partial charge >= 0.3 is 0 Å². The molecule has 4 nitrogen and oxygen atoms in total. The predicted octanol–water partition coefficient (Wildman–Crippen LogP) is 2.57. The molecule has 0 bridgehead atoms. The molecule has 1 fully saturated rings. The van der Waals surface area contributed by atoms with Crippen LogP contribution in [0.4, 0.5) is 0 Å². The number of aryl methyl sites for hydroxylation is 1. The van der Waals surface area contributed by atoms with Gasteiger partial charge in [0.25, 0.3) is 0 Å². The lowest BCUT2D eigenvalue weighted by atomic mass is 10.0. The maximum atomic E-state index is 9.11. The van der Waals surface area contributed by atoms with E-state index >= 15 is 0 Å². The first-order valence-electron chi connectivity index (χ1n) is 6.06. The van der Waals surface area contributed by atoms with Crippen molar-refractivity contribution in [3.8, 4) is 6.07 Å². The van der Waals surface area contributed by atoms with E-state index in [0.717, 1.165) is 17.0 Å². The standard InChI is InChI=1S/C13H14N4/c1-9-12(8-14)17-13(15-9)7-6-11(16-17)10-4-2-3-5-10/h6-7,10H,2-5H2,1H3. The van der Waals surface area contributed by atoms with Gasteiger partial charge in [-0.05, 0) is 31.9 Å². The zero-order valence-electron chi connectivity index (χ0n) is 9.85. The molecule has 3 rings (SSSR count). The van der Waals surface area contributed by atoms with Crippen LogP contribution in [0, 0.1) is 18.3 Å². The van der Waals surface area contributed by atoms with Gasteiger partial charge in [0, 0.05) is 5.92 Å². The van der Waals surface area contributed by atoms with E-state index in [0.29, 0.717) is 11.6 Å². The minimum absolute atomic E-state index is 0.555. The number of fused-ring (bicyclic) bond motifs is 1. The predicted molar refractivity (Wildman–Crippen MR) is 63.6 cm³/mol. The van der Waals surface area contributed by atoms with Gasteiger partial charge in [-0.3, -0.25) is 0 Å². The third kappa shape index (κ3) is 1.59. The maximum Gasteiger partial charge on any atom is 0.165 e. The van der Waals surface area contributed by atoms with Crippen LogP contribution in [-0.2, 0) is 0 Å². The van der Waals surface area contributed by atoms with Gasteiger partial charge in [-0.2, -0.15) is 10.4 Å². The van der Waals surface area contributed by atoms with Crippen LogP contribution in [0.15, 0.2) is 12.1 Å². The Morgan fingerprint density at radius 1 is 1.35 bits per heavy atom. The molecule has 0 saturated heterocycles. The molecule has 17 heavy (non-hydrogen) atoms. The highest BCUT2D eigenvalue weighted by Crippen LogP contribution is 2.32.